The fourth-order valence-electron chi connectivity index (χ4n) is 4.03. The number of carbonyl (C=O) groups is 1. The second-order valence-electron chi connectivity index (χ2n) is 8.32. The zero-order valence-corrected chi connectivity index (χ0v) is 21.2. The van der Waals surface area contributed by atoms with Gasteiger partial charge in [-0.1, -0.05) is 18.2 Å². The summed E-state index contributed by atoms with van der Waals surface area (Å²) in [7, 11) is -3.94. The van der Waals surface area contributed by atoms with Crippen molar-refractivity contribution >= 4 is 38.2 Å². The predicted molar refractivity (Wildman–Crippen MR) is 136 cm³/mol. The van der Waals surface area contributed by atoms with E-state index in [1.807, 2.05) is 52.0 Å². The van der Waals surface area contributed by atoms with E-state index in [4.69, 9.17) is 4.74 Å². The van der Waals surface area contributed by atoms with Gasteiger partial charge in [0.2, 0.25) is 0 Å². The molecule has 2 heterocycles. The van der Waals surface area contributed by atoms with Crippen molar-refractivity contribution in [3.63, 3.8) is 0 Å². The Bertz CT molecular complexity index is 1500. The third-order valence-electron chi connectivity index (χ3n) is 5.88. The normalized spacial score (nSPS) is 11.8. The topological polar surface area (TPSA) is 85.6 Å². The quantitative estimate of drug-likeness (QED) is 0.325. The van der Waals surface area contributed by atoms with Gasteiger partial charge in [0.05, 0.1) is 12.1 Å². The van der Waals surface area contributed by atoms with Crippen LogP contribution in [0.4, 0.5) is 0 Å². The minimum absolute atomic E-state index is 0.0932. The van der Waals surface area contributed by atoms with E-state index in [1.54, 1.807) is 24.4 Å². The fraction of sp³-hybridized carbons (Fsp3) is 0.269. The summed E-state index contributed by atoms with van der Waals surface area (Å²) in [5.74, 6) is -0.319. The van der Waals surface area contributed by atoms with Gasteiger partial charge in [0, 0.05) is 28.4 Å². The van der Waals surface area contributed by atoms with Gasteiger partial charge in [-0.2, -0.15) is 8.42 Å². The standard InChI is InChI=1S/C26H27NO5S2/c1-5-32-21-9-10-24-22(14-21)20(8-11-25(28)29)15-27(24)34(30,31)26-23(13-18(4)33-26)19-7-6-16(2)17(3)12-19/h6-7,9-10,12-15H,5,8,11H2,1-4H3,(H,28,29). The molecule has 0 aliphatic rings. The largest absolute Gasteiger partial charge is 0.494 e. The van der Waals surface area contributed by atoms with Gasteiger partial charge in [-0.25, -0.2) is 3.97 Å². The highest BCUT2D eigenvalue weighted by Gasteiger charge is 2.27. The molecule has 0 bridgehead atoms. The highest BCUT2D eigenvalue weighted by molar-refractivity contribution is 7.92. The molecule has 0 saturated carbocycles. The molecule has 2 aromatic carbocycles. The van der Waals surface area contributed by atoms with Crippen LogP contribution in [0.5, 0.6) is 5.75 Å². The molecule has 178 valence electrons. The molecule has 0 aliphatic carbocycles. The molecule has 34 heavy (non-hydrogen) atoms. The Morgan fingerprint density at radius 1 is 1.06 bits per heavy atom. The van der Waals surface area contributed by atoms with Crippen molar-refractivity contribution in [1.82, 2.24) is 3.97 Å². The first-order valence-corrected chi connectivity index (χ1v) is 13.3. The van der Waals surface area contributed by atoms with Crippen molar-refractivity contribution < 1.29 is 23.1 Å². The van der Waals surface area contributed by atoms with Crippen LogP contribution in [0.3, 0.4) is 0 Å². The van der Waals surface area contributed by atoms with Crippen LogP contribution >= 0.6 is 11.3 Å². The van der Waals surface area contributed by atoms with Crippen molar-refractivity contribution in [3.05, 3.63) is 70.2 Å². The Balaban J connectivity index is 1.90. The van der Waals surface area contributed by atoms with E-state index in [0.717, 1.165) is 21.6 Å². The van der Waals surface area contributed by atoms with E-state index in [0.29, 0.717) is 34.4 Å². The number of nitrogens with zero attached hydrogens (tertiary/aromatic N) is 1. The highest BCUT2D eigenvalue weighted by Crippen LogP contribution is 2.39. The van der Waals surface area contributed by atoms with Crippen LogP contribution in [0.2, 0.25) is 0 Å². The van der Waals surface area contributed by atoms with Crippen LogP contribution in [-0.4, -0.2) is 30.1 Å². The van der Waals surface area contributed by atoms with E-state index in [2.05, 4.69) is 0 Å². The van der Waals surface area contributed by atoms with Gasteiger partial charge in [-0.05, 0) is 80.6 Å². The van der Waals surface area contributed by atoms with Gasteiger partial charge >= 0.3 is 5.97 Å². The van der Waals surface area contributed by atoms with Gasteiger partial charge in [-0.15, -0.1) is 11.3 Å². The van der Waals surface area contributed by atoms with Gasteiger partial charge in [-0.3, -0.25) is 4.79 Å². The molecule has 0 spiro atoms. The Morgan fingerprint density at radius 3 is 2.50 bits per heavy atom. The molecule has 0 fully saturated rings. The van der Waals surface area contributed by atoms with E-state index in [-0.39, 0.29) is 17.1 Å². The molecule has 0 saturated heterocycles. The van der Waals surface area contributed by atoms with Crippen molar-refractivity contribution in [2.24, 2.45) is 0 Å². The summed E-state index contributed by atoms with van der Waals surface area (Å²) in [6, 6.07) is 13.1. The Hall–Kier alpha value is -3.10. The summed E-state index contributed by atoms with van der Waals surface area (Å²) in [4.78, 5) is 12.1. The summed E-state index contributed by atoms with van der Waals surface area (Å²) in [5, 5.41) is 9.87. The molecule has 0 unspecified atom stereocenters. The lowest BCUT2D eigenvalue weighted by atomic mass is 10.0. The second-order valence-corrected chi connectivity index (χ2v) is 11.6. The molecule has 1 N–H and O–H groups in total. The van der Waals surface area contributed by atoms with E-state index in [1.165, 1.54) is 15.3 Å². The van der Waals surface area contributed by atoms with Crippen LogP contribution < -0.4 is 4.74 Å². The molecule has 0 aliphatic heterocycles. The van der Waals surface area contributed by atoms with Crippen LogP contribution in [0.1, 0.15) is 34.9 Å². The molecule has 4 rings (SSSR count). The third kappa shape index (κ3) is 4.48. The van der Waals surface area contributed by atoms with Crippen LogP contribution in [0.15, 0.2) is 52.9 Å². The SMILES string of the molecule is CCOc1ccc2c(c1)c(CCC(=O)O)cn2S(=O)(=O)c1sc(C)cc1-c1ccc(C)c(C)c1. The number of aromatic nitrogens is 1. The van der Waals surface area contributed by atoms with Crippen LogP contribution in [-0.2, 0) is 21.2 Å². The van der Waals surface area contributed by atoms with E-state index in [9.17, 15) is 18.3 Å². The summed E-state index contributed by atoms with van der Waals surface area (Å²) >= 11 is 1.24. The second kappa shape index (κ2) is 9.27. The van der Waals surface area contributed by atoms with Gasteiger partial charge in [0.1, 0.15) is 9.96 Å². The zero-order valence-electron chi connectivity index (χ0n) is 19.6. The van der Waals surface area contributed by atoms with Crippen LogP contribution in [0.25, 0.3) is 22.0 Å². The van der Waals surface area contributed by atoms with E-state index >= 15 is 0 Å². The van der Waals surface area contributed by atoms with Gasteiger partial charge < -0.3 is 9.84 Å². The zero-order chi connectivity index (χ0) is 24.6. The lowest BCUT2D eigenvalue weighted by molar-refractivity contribution is -0.136. The molecule has 8 heteroatoms. The molecular weight excluding hydrogens is 470 g/mol. The molecule has 2 aromatic heterocycles. The minimum Gasteiger partial charge on any atom is -0.494 e. The molecule has 4 aromatic rings. The maximum atomic E-state index is 14.0. The monoisotopic (exact) mass is 497 g/mol. The van der Waals surface area contributed by atoms with Crippen LogP contribution in [0, 0.1) is 20.8 Å². The number of rotatable bonds is 8. The molecule has 0 atom stereocenters. The minimum atomic E-state index is -3.94. The predicted octanol–water partition coefficient (Wildman–Crippen LogP) is 5.95. The number of benzene rings is 2. The number of hydrogen-bond donors (Lipinski definition) is 1. The van der Waals surface area contributed by atoms with Gasteiger partial charge in [0.25, 0.3) is 10.0 Å². The fourth-order valence-corrected chi connectivity index (χ4v) is 7.16. The summed E-state index contributed by atoms with van der Waals surface area (Å²) in [5.41, 5.74) is 4.92. The number of thiophene rings is 1. The lowest BCUT2D eigenvalue weighted by Crippen LogP contribution is -2.11. The average molecular weight is 498 g/mol. The number of aryl methyl sites for hydroxylation is 4. The Kier molecular flexibility index (Phi) is 6.55. The van der Waals surface area contributed by atoms with Crippen molar-refractivity contribution in [3.8, 4) is 16.9 Å². The van der Waals surface area contributed by atoms with Crippen molar-refractivity contribution in [2.75, 3.05) is 6.61 Å². The Labute approximate surface area is 203 Å². The number of aliphatic carboxylic acids is 1. The maximum absolute atomic E-state index is 14.0. The number of hydrogen-bond acceptors (Lipinski definition) is 5. The number of carboxylic acids is 1. The first-order valence-electron chi connectivity index (χ1n) is 11.0. The lowest BCUT2D eigenvalue weighted by Gasteiger charge is -2.10. The molecule has 0 amide bonds. The first kappa shape index (κ1) is 24.0. The smallest absolute Gasteiger partial charge is 0.303 e. The number of fused-ring (bicyclic) bond motifs is 1. The highest BCUT2D eigenvalue weighted by atomic mass is 32.2. The summed E-state index contributed by atoms with van der Waals surface area (Å²) in [6.07, 6.45) is 1.68. The Morgan fingerprint density at radius 2 is 1.82 bits per heavy atom. The van der Waals surface area contributed by atoms with Crippen molar-refractivity contribution in [1.29, 1.82) is 0 Å². The van der Waals surface area contributed by atoms with E-state index < -0.39 is 16.0 Å². The third-order valence-corrected chi connectivity index (χ3v) is 9.11. The molecular formula is C26H27NO5S2. The maximum Gasteiger partial charge on any atom is 0.303 e. The first-order chi connectivity index (χ1) is 16.1. The molecule has 0 radical (unpaired) electrons. The summed E-state index contributed by atoms with van der Waals surface area (Å²) in [6.45, 7) is 8.28. The van der Waals surface area contributed by atoms with Crippen molar-refractivity contribution in [2.45, 2.75) is 44.7 Å². The average Bonchev–Trinajstić information content (AvgIpc) is 3.36. The number of ether oxygens (including phenoxy) is 1. The molecule has 6 nitrogen and oxygen atoms in total. The van der Waals surface area contributed by atoms with Gasteiger partial charge in [0.15, 0.2) is 0 Å². The summed E-state index contributed by atoms with van der Waals surface area (Å²) < 4.78 is 35.1. The number of carboxylic acid groups (broad SMARTS) is 1.